The number of rotatable bonds is 2. The van der Waals surface area contributed by atoms with E-state index in [2.05, 4.69) is 9.97 Å². The van der Waals surface area contributed by atoms with Crippen LogP contribution in [0.2, 0.25) is 0 Å². The van der Waals surface area contributed by atoms with Crippen molar-refractivity contribution in [2.24, 2.45) is 0 Å². The molecular formula is C14H20N4O6. The number of anilines is 1. The van der Waals surface area contributed by atoms with Crippen LogP contribution in [-0.2, 0) is 4.74 Å². The number of aliphatic hydroxyl groups excluding tert-OH is 4. The van der Waals surface area contributed by atoms with E-state index in [-0.39, 0.29) is 18.0 Å². The minimum Gasteiger partial charge on any atom is -0.394 e. The van der Waals surface area contributed by atoms with Crippen LogP contribution < -0.4 is 11.3 Å². The highest BCUT2D eigenvalue weighted by atomic mass is 16.5. The van der Waals surface area contributed by atoms with E-state index in [4.69, 9.17) is 10.5 Å². The summed E-state index contributed by atoms with van der Waals surface area (Å²) in [6.45, 7) is 1.15. The monoisotopic (exact) mass is 340 g/mol. The van der Waals surface area contributed by atoms with Crippen LogP contribution in [0.3, 0.4) is 0 Å². The zero-order valence-corrected chi connectivity index (χ0v) is 13.0. The Kier molecular flexibility index (Phi) is 4.32. The number of nitrogen functional groups attached to an aromatic ring is 1. The van der Waals surface area contributed by atoms with Gasteiger partial charge in [0, 0.05) is 12.6 Å². The predicted molar refractivity (Wildman–Crippen MR) is 83.1 cm³/mol. The zero-order valence-electron chi connectivity index (χ0n) is 13.0. The first-order chi connectivity index (χ1) is 11.3. The summed E-state index contributed by atoms with van der Waals surface area (Å²) in [7, 11) is 0. The summed E-state index contributed by atoms with van der Waals surface area (Å²) in [6, 6.07) is 0. The van der Waals surface area contributed by atoms with Crippen molar-refractivity contribution in [2.45, 2.75) is 44.0 Å². The lowest BCUT2D eigenvalue weighted by atomic mass is 10.0. The summed E-state index contributed by atoms with van der Waals surface area (Å²) in [5, 5.41) is 39.9. The quantitative estimate of drug-likeness (QED) is 0.364. The molecule has 1 fully saturated rings. The van der Waals surface area contributed by atoms with Crippen molar-refractivity contribution < 1.29 is 25.2 Å². The Morgan fingerprint density at radius 2 is 2.12 bits per heavy atom. The van der Waals surface area contributed by atoms with E-state index in [0.29, 0.717) is 10.9 Å². The highest BCUT2D eigenvalue weighted by molar-refractivity contribution is 5.80. The molecule has 1 saturated heterocycles. The third kappa shape index (κ3) is 2.68. The Balaban J connectivity index is 2.13. The number of ether oxygens (including phenoxy) is 1. The van der Waals surface area contributed by atoms with E-state index in [0.717, 1.165) is 0 Å². The van der Waals surface area contributed by atoms with E-state index < -0.39 is 42.8 Å². The molecule has 132 valence electrons. The molecule has 0 saturated carbocycles. The number of hydrogen-bond donors (Lipinski definition) is 6. The van der Waals surface area contributed by atoms with Gasteiger partial charge in [-0.3, -0.25) is 9.78 Å². The van der Waals surface area contributed by atoms with Gasteiger partial charge in [-0.15, -0.1) is 0 Å². The number of aromatic nitrogens is 3. The molecule has 0 aliphatic carbocycles. The normalized spacial score (nSPS) is 31.3. The molecule has 0 unspecified atom stereocenters. The van der Waals surface area contributed by atoms with Gasteiger partial charge in [0.15, 0.2) is 11.9 Å². The lowest BCUT2D eigenvalue weighted by Gasteiger charge is -2.26. The third-order valence-corrected chi connectivity index (χ3v) is 4.25. The number of nitrogens with two attached hydrogens (primary N) is 1. The molecule has 7 N–H and O–H groups in total. The molecule has 0 bridgehead atoms. The molecule has 1 aliphatic rings. The number of aliphatic hydroxyl groups is 4. The summed E-state index contributed by atoms with van der Waals surface area (Å²) >= 11 is 0. The first-order valence-corrected chi connectivity index (χ1v) is 7.51. The van der Waals surface area contributed by atoms with Gasteiger partial charge in [-0.2, -0.15) is 4.98 Å². The first kappa shape index (κ1) is 16.9. The van der Waals surface area contributed by atoms with Crippen molar-refractivity contribution in [3.63, 3.8) is 0 Å². The fourth-order valence-electron chi connectivity index (χ4n) is 3.05. The van der Waals surface area contributed by atoms with E-state index in [1.165, 1.54) is 4.57 Å². The smallest absolute Gasteiger partial charge is 0.262 e. The fourth-order valence-corrected chi connectivity index (χ4v) is 3.05. The minimum absolute atomic E-state index is 0.0891. The minimum atomic E-state index is -1.35. The number of aromatic amines is 1. The molecule has 5 atom stereocenters. The number of H-pyrrole nitrogens is 1. The number of nitrogens with one attached hydrogen (secondary N) is 1. The molecule has 24 heavy (non-hydrogen) atoms. The van der Waals surface area contributed by atoms with E-state index >= 15 is 0 Å². The third-order valence-electron chi connectivity index (χ3n) is 4.25. The van der Waals surface area contributed by atoms with E-state index in [1.807, 2.05) is 0 Å². The summed E-state index contributed by atoms with van der Waals surface area (Å²) in [4.78, 5) is 18.6. The average molecular weight is 340 g/mol. The highest BCUT2D eigenvalue weighted by Crippen LogP contribution is 2.30. The second kappa shape index (κ2) is 6.15. The maximum Gasteiger partial charge on any atom is 0.262 e. The van der Waals surface area contributed by atoms with E-state index in [9.17, 15) is 25.2 Å². The number of hydrogen-bond acceptors (Lipinski definition) is 8. The topological polar surface area (TPSA) is 167 Å². The van der Waals surface area contributed by atoms with Crippen molar-refractivity contribution in [1.82, 2.24) is 14.5 Å². The average Bonchev–Trinajstić information content (AvgIpc) is 2.78. The van der Waals surface area contributed by atoms with Crippen LogP contribution in [0, 0.1) is 6.92 Å². The van der Waals surface area contributed by atoms with Gasteiger partial charge in [-0.25, -0.2) is 0 Å². The SMILES string of the molecule is Cc1cn([C@@H]2O[C@H](CO)[C@@H](O)[C@H](O)C[C@H]2O)c2nc(N)[nH]c(=O)c12. The summed E-state index contributed by atoms with van der Waals surface area (Å²) in [6.07, 6.45) is -4.55. The molecule has 0 amide bonds. The maximum atomic E-state index is 12.1. The van der Waals surface area contributed by atoms with Gasteiger partial charge in [-0.05, 0) is 12.5 Å². The molecule has 2 aromatic rings. The summed E-state index contributed by atoms with van der Waals surface area (Å²) in [5.74, 6) is -0.0891. The predicted octanol–water partition coefficient (Wildman–Crippen LogP) is -2.02. The lowest BCUT2D eigenvalue weighted by molar-refractivity contribution is -0.146. The highest BCUT2D eigenvalue weighted by Gasteiger charge is 2.39. The number of nitrogens with zero attached hydrogens (tertiary/aromatic N) is 2. The summed E-state index contributed by atoms with van der Waals surface area (Å²) in [5.41, 5.74) is 5.98. The molecule has 0 aromatic carbocycles. The molecule has 2 aromatic heterocycles. The lowest BCUT2D eigenvalue weighted by Crippen LogP contribution is -2.39. The molecule has 3 rings (SSSR count). The van der Waals surface area contributed by atoms with Crippen molar-refractivity contribution >= 4 is 17.0 Å². The van der Waals surface area contributed by atoms with Crippen molar-refractivity contribution in [1.29, 1.82) is 0 Å². The molecule has 3 heterocycles. The van der Waals surface area contributed by atoms with Crippen LogP contribution in [0.5, 0.6) is 0 Å². The van der Waals surface area contributed by atoms with Gasteiger partial charge in [0.05, 0.1) is 18.1 Å². The van der Waals surface area contributed by atoms with Crippen LogP contribution in [0.25, 0.3) is 11.0 Å². The standard InChI is InChI=1S/C14H20N4O6/c1-5-3-18(11-9(5)12(23)17-14(15)16-11)13-7(21)2-6(20)10(22)8(4-19)24-13/h3,6-8,10,13,19-22H,2,4H2,1H3,(H3,15,16,17,23)/t6-,7-,8-,10+,13-/m1/s1. The Bertz CT molecular complexity index is 802. The molecular weight excluding hydrogens is 320 g/mol. The van der Waals surface area contributed by atoms with Crippen LogP contribution in [0.15, 0.2) is 11.0 Å². The van der Waals surface area contributed by atoms with Gasteiger partial charge in [0.2, 0.25) is 5.95 Å². The Labute approximate surface area is 136 Å². The van der Waals surface area contributed by atoms with Crippen LogP contribution in [0.1, 0.15) is 18.2 Å². The Hall–Kier alpha value is -1.98. The zero-order chi connectivity index (χ0) is 17.6. The Morgan fingerprint density at radius 1 is 1.42 bits per heavy atom. The molecule has 1 aliphatic heterocycles. The van der Waals surface area contributed by atoms with Gasteiger partial charge in [-0.1, -0.05) is 0 Å². The van der Waals surface area contributed by atoms with E-state index in [1.54, 1.807) is 13.1 Å². The number of aryl methyl sites for hydroxylation is 1. The van der Waals surface area contributed by atoms with Crippen molar-refractivity contribution in [3.8, 4) is 0 Å². The molecule has 10 nitrogen and oxygen atoms in total. The van der Waals surface area contributed by atoms with Gasteiger partial charge < -0.3 is 35.5 Å². The van der Waals surface area contributed by atoms with Crippen LogP contribution >= 0.6 is 0 Å². The van der Waals surface area contributed by atoms with Crippen molar-refractivity contribution in [3.05, 3.63) is 22.1 Å². The Morgan fingerprint density at radius 3 is 2.79 bits per heavy atom. The van der Waals surface area contributed by atoms with Crippen LogP contribution in [0.4, 0.5) is 5.95 Å². The molecule has 0 spiro atoms. The first-order valence-electron chi connectivity index (χ1n) is 7.51. The summed E-state index contributed by atoms with van der Waals surface area (Å²) < 4.78 is 7.03. The fraction of sp³-hybridized carbons (Fsp3) is 0.571. The second-order valence-electron chi connectivity index (χ2n) is 5.98. The largest absolute Gasteiger partial charge is 0.394 e. The van der Waals surface area contributed by atoms with Gasteiger partial charge >= 0.3 is 0 Å². The number of fused-ring (bicyclic) bond motifs is 1. The molecule has 10 heteroatoms. The van der Waals surface area contributed by atoms with Crippen molar-refractivity contribution in [2.75, 3.05) is 12.3 Å². The van der Waals surface area contributed by atoms with Gasteiger partial charge in [0.25, 0.3) is 5.56 Å². The maximum absolute atomic E-state index is 12.1. The van der Waals surface area contributed by atoms with Gasteiger partial charge in [0.1, 0.15) is 18.3 Å². The second-order valence-corrected chi connectivity index (χ2v) is 5.98. The molecule has 0 radical (unpaired) electrons. The van der Waals surface area contributed by atoms with Crippen LogP contribution in [-0.4, -0.2) is 66.0 Å².